The monoisotopic (exact) mass is 411 g/mol. The van der Waals surface area contributed by atoms with E-state index in [9.17, 15) is 9.18 Å². The van der Waals surface area contributed by atoms with Crippen molar-refractivity contribution in [2.45, 2.75) is 24.9 Å². The summed E-state index contributed by atoms with van der Waals surface area (Å²) in [6, 6.07) is 9.86. The van der Waals surface area contributed by atoms with E-state index in [0.717, 1.165) is 37.2 Å². The third-order valence-electron chi connectivity index (χ3n) is 5.12. The molecule has 1 aliphatic rings. The molecule has 1 fully saturated rings. The predicted molar refractivity (Wildman–Crippen MR) is 110 cm³/mol. The molecule has 0 N–H and O–H groups in total. The van der Waals surface area contributed by atoms with Crippen LogP contribution in [0.2, 0.25) is 0 Å². The van der Waals surface area contributed by atoms with E-state index in [-0.39, 0.29) is 11.7 Å². The molecule has 0 spiro atoms. The number of thioether (sulfide) groups is 1. The highest BCUT2D eigenvalue weighted by atomic mass is 32.2. The molecule has 0 bridgehead atoms. The Kier molecular flexibility index (Phi) is 5.89. The number of hydrogen-bond donors (Lipinski definition) is 0. The molecule has 1 amide bonds. The molecule has 3 aromatic rings. The highest BCUT2D eigenvalue weighted by Gasteiger charge is 2.22. The molecule has 29 heavy (non-hydrogen) atoms. The Morgan fingerprint density at radius 3 is 2.48 bits per heavy atom. The van der Waals surface area contributed by atoms with Gasteiger partial charge in [-0.2, -0.15) is 0 Å². The zero-order chi connectivity index (χ0) is 20.2. The average Bonchev–Trinajstić information content (AvgIpc) is 3.17. The number of halogens is 1. The minimum absolute atomic E-state index is 0.112. The summed E-state index contributed by atoms with van der Waals surface area (Å²) < 4.78 is 15.3. The number of hydrogen-bond acceptors (Lipinski definition) is 5. The number of aromatic nitrogens is 4. The van der Waals surface area contributed by atoms with Gasteiger partial charge in [0.1, 0.15) is 5.82 Å². The van der Waals surface area contributed by atoms with E-state index in [1.165, 1.54) is 23.9 Å². The van der Waals surface area contributed by atoms with Gasteiger partial charge >= 0.3 is 0 Å². The van der Waals surface area contributed by atoms with Crippen LogP contribution >= 0.6 is 11.8 Å². The van der Waals surface area contributed by atoms with Gasteiger partial charge in [-0.25, -0.2) is 4.39 Å². The molecule has 6 nitrogen and oxygen atoms in total. The molecule has 1 saturated heterocycles. The van der Waals surface area contributed by atoms with Gasteiger partial charge in [-0.3, -0.25) is 14.3 Å². The summed E-state index contributed by atoms with van der Waals surface area (Å²) in [6.07, 6.45) is 5.47. The second kappa shape index (κ2) is 8.73. The Hall–Kier alpha value is -2.74. The lowest BCUT2D eigenvalue weighted by atomic mass is 9.99. The zero-order valence-electron chi connectivity index (χ0n) is 16.2. The molecule has 150 valence electrons. The first-order chi connectivity index (χ1) is 14.1. The van der Waals surface area contributed by atoms with Crippen LogP contribution in [0.25, 0.3) is 17.1 Å². The van der Waals surface area contributed by atoms with Gasteiger partial charge in [0.05, 0.1) is 5.75 Å². The van der Waals surface area contributed by atoms with Crippen LogP contribution in [0.1, 0.15) is 19.8 Å². The third kappa shape index (κ3) is 4.48. The highest BCUT2D eigenvalue weighted by molar-refractivity contribution is 7.99. The van der Waals surface area contributed by atoms with Crippen molar-refractivity contribution in [1.82, 2.24) is 24.6 Å². The van der Waals surface area contributed by atoms with Gasteiger partial charge in [0.15, 0.2) is 11.0 Å². The number of carbonyl (C=O) groups is 1. The molecule has 0 unspecified atom stereocenters. The van der Waals surface area contributed by atoms with Crippen LogP contribution in [0, 0.1) is 11.7 Å². The molecule has 3 heterocycles. The van der Waals surface area contributed by atoms with Gasteiger partial charge in [-0.05, 0) is 55.2 Å². The van der Waals surface area contributed by atoms with Crippen molar-refractivity contribution in [2.75, 3.05) is 18.8 Å². The Morgan fingerprint density at radius 2 is 1.79 bits per heavy atom. The smallest absolute Gasteiger partial charge is 0.233 e. The van der Waals surface area contributed by atoms with Crippen molar-refractivity contribution in [3.63, 3.8) is 0 Å². The van der Waals surface area contributed by atoms with Crippen LogP contribution in [0.15, 0.2) is 53.9 Å². The number of pyridine rings is 1. The Bertz CT molecular complexity index is 968. The normalized spacial score (nSPS) is 14.9. The molecule has 0 aliphatic carbocycles. The molecule has 8 heteroatoms. The molecule has 0 saturated carbocycles. The van der Waals surface area contributed by atoms with Crippen molar-refractivity contribution in [3.05, 3.63) is 54.6 Å². The second-order valence-corrected chi connectivity index (χ2v) is 8.15. The van der Waals surface area contributed by atoms with Crippen LogP contribution < -0.4 is 0 Å². The number of amides is 1. The van der Waals surface area contributed by atoms with Gasteiger partial charge in [-0.15, -0.1) is 10.2 Å². The fourth-order valence-electron chi connectivity index (χ4n) is 3.35. The zero-order valence-corrected chi connectivity index (χ0v) is 17.0. The predicted octanol–water partition coefficient (Wildman–Crippen LogP) is 3.82. The van der Waals surface area contributed by atoms with Crippen LogP contribution in [-0.2, 0) is 4.79 Å². The quantitative estimate of drug-likeness (QED) is 0.597. The van der Waals surface area contributed by atoms with E-state index in [1.807, 2.05) is 21.6 Å². The van der Waals surface area contributed by atoms with Crippen molar-refractivity contribution in [1.29, 1.82) is 0 Å². The van der Waals surface area contributed by atoms with E-state index >= 15 is 0 Å². The fraction of sp³-hybridized carbons (Fsp3) is 0.333. The van der Waals surface area contributed by atoms with Crippen LogP contribution in [0.4, 0.5) is 4.39 Å². The summed E-state index contributed by atoms with van der Waals surface area (Å²) in [7, 11) is 0. The van der Waals surface area contributed by atoms with E-state index in [2.05, 4.69) is 22.1 Å². The average molecular weight is 412 g/mol. The summed E-state index contributed by atoms with van der Waals surface area (Å²) in [5.41, 5.74) is 1.59. The number of benzene rings is 1. The standard InChI is InChI=1S/C21H22FN5OS/c1-15-8-12-26(13-9-15)19(28)14-29-21-25-24-20(16-6-10-23-11-7-16)27(21)18-4-2-17(22)3-5-18/h2-7,10-11,15H,8-9,12-14H2,1H3. The van der Waals surface area contributed by atoms with Gasteiger partial charge in [-0.1, -0.05) is 18.7 Å². The summed E-state index contributed by atoms with van der Waals surface area (Å²) in [4.78, 5) is 18.6. The van der Waals surface area contributed by atoms with Crippen molar-refractivity contribution >= 4 is 17.7 Å². The Balaban J connectivity index is 1.59. The maximum Gasteiger partial charge on any atom is 0.233 e. The minimum atomic E-state index is -0.309. The molecule has 1 aromatic carbocycles. The fourth-order valence-corrected chi connectivity index (χ4v) is 4.20. The van der Waals surface area contributed by atoms with Gasteiger partial charge < -0.3 is 4.90 Å². The highest BCUT2D eigenvalue weighted by Crippen LogP contribution is 2.28. The minimum Gasteiger partial charge on any atom is -0.342 e. The Labute approximate surface area is 173 Å². The first kappa shape index (κ1) is 19.6. The Morgan fingerprint density at radius 1 is 1.10 bits per heavy atom. The van der Waals surface area contributed by atoms with Crippen molar-refractivity contribution < 1.29 is 9.18 Å². The molecule has 0 radical (unpaired) electrons. The molecular weight excluding hydrogens is 389 g/mol. The van der Waals surface area contributed by atoms with E-state index in [4.69, 9.17) is 0 Å². The topological polar surface area (TPSA) is 63.9 Å². The lowest BCUT2D eigenvalue weighted by Gasteiger charge is -2.30. The maximum atomic E-state index is 13.4. The molecule has 4 rings (SSSR count). The lowest BCUT2D eigenvalue weighted by Crippen LogP contribution is -2.38. The lowest BCUT2D eigenvalue weighted by molar-refractivity contribution is -0.129. The first-order valence-corrected chi connectivity index (χ1v) is 10.6. The van der Waals surface area contributed by atoms with Gasteiger partial charge in [0.2, 0.25) is 5.91 Å². The van der Waals surface area contributed by atoms with Crippen molar-refractivity contribution in [2.24, 2.45) is 5.92 Å². The van der Waals surface area contributed by atoms with Crippen LogP contribution in [-0.4, -0.2) is 49.4 Å². The number of rotatable bonds is 5. The summed E-state index contributed by atoms with van der Waals surface area (Å²) in [5.74, 6) is 1.40. The van der Waals surface area contributed by atoms with Gasteiger partial charge in [0, 0.05) is 36.7 Å². The van der Waals surface area contributed by atoms with Crippen molar-refractivity contribution in [3.8, 4) is 17.1 Å². The molecular formula is C21H22FN5OS. The largest absolute Gasteiger partial charge is 0.342 e. The molecule has 0 atom stereocenters. The third-order valence-corrected chi connectivity index (χ3v) is 6.03. The summed E-state index contributed by atoms with van der Waals surface area (Å²) >= 11 is 1.35. The molecule has 2 aromatic heterocycles. The van der Waals surface area contributed by atoms with E-state index in [1.54, 1.807) is 24.5 Å². The number of carbonyl (C=O) groups excluding carboxylic acids is 1. The SMILES string of the molecule is CC1CCN(C(=O)CSc2nnc(-c3ccncc3)n2-c2ccc(F)cc2)CC1. The molecule has 1 aliphatic heterocycles. The van der Waals surface area contributed by atoms with Gasteiger partial charge in [0.25, 0.3) is 0 Å². The van der Waals surface area contributed by atoms with E-state index < -0.39 is 0 Å². The number of nitrogens with zero attached hydrogens (tertiary/aromatic N) is 5. The maximum absolute atomic E-state index is 13.4. The van der Waals surface area contributed by atoms with E-state index in [0.29, 0.717) is 22.7 Å². The summed E-state index contributed by atoms with van der Waals surface area (Å²) in [5, 5.41) is 9.24. The summed E-state index contributed by atoms with van der Waals surface area (Å²) in [6.45, 7) is 3.85. The van der Waals surface area contributed by atoms with Crippen LogP contribution in [0.5, 0.6) is 0 Å². The first-order valence-electron chi connectivity index (χ1n) is 9.64. The second-order valence-electron chi connectivity index (χ2n) is 7.21. The number of likely N-dealkylation sites (tertiary alicyclic amines) is 1. The van der Waals surface area contributed by atoms with Crippen LogP contribution in [0.3, 0.4) is 0 Å². The number of piperidine rings is 1.